The molecule has 7 nitrogen and oxygen atoms in total. The molecule has 0 aromatic rings. The molecule has 3 N–H and O–H groups in total. The second-order valence-electron chi connectivity index (χ2n) is 3.28. The molecule has 1 fully saturated rings. The molecule has 1 saturated heterocycles. The predicted octanol–water partition coefficient (Wildman–Crippen LogP) is -0.909. The number of carbonyl (C=O) groups is 2. The van der Waals surface area contributed by atoms with Crippen molar-refractivity contribution in [1.82, 2.24) is 5.32 Å². The minimum absolute atomic E-state index is 0.385. The van der Waals surface area contributed by atoms with Crippen LogP contribution in [0.1, 0.15) is 0 Å². The molecule has 1 aliphatic rings. The lowest BCUT2D eigenvalue weighted by atomic mass is 10.3. The summed E-state index contributed by atoms with van der Waals surface area (Å²) in [6.45, 7) is 0.769. The van der Waals surface area contributed by atoms with Crippen molar-refractivity contribution in [3.05, 3.63) is 0 Å². The molecular formula is C7H10F3NO6S. The number of halogens is 3. The second kappa shape index (κ2) is 6.00. The molecule has 18 heavy (non-hydrogen) atoms. The number of hydrogen-bond acceptors (Lipinski definition) is 5. The van der Waals surface area contributed by atoms with E-state index in [9.17, 15) is 26.4 Å². The number of hydrogen-bond donors (Lipinski definition) is 3. The quantitative estimate of drug-likeness (QED) is 0.616. The number of carboxylic acid groups (broad SMARTS) is 2. The van der Waals surface area contributed by atoms with Gasteiger partial charge in [0.1, 0.15) is 5.75 Å². The van der Waals surface area contributed by atoms with Crippen LogP contribution in [0, 0.1) is 0 Å². The fourth-order valence-electron chi connectivity index (χ4n) is 0.806. The third-order valence-electron chi connectivity index (χ3n) is 1.82. The van der Waals surface area contributed by atoms with Crippen molar-refractivity contribution in [3.63, 3.8) is 0 Å². The van der Waals surface area contributed by atoms with Crippen LogP contribution in [-0.2, 0) is 19.4 Å². The summed E-state index contributed by atoms with van der Waals surface area (Å²) in [6.07, 6.45) is -5.08. The molecule has 0 atom stereocenters. The minimum Gasteiger partial charge on any atom is -0.480 e. The van der Waals surface area contributed by atoms with Gasteiger partial charge in [0.2, 0.25) is 0 Å². The number of aliphatic carboxylic acids is 2. The van der Waals surface area contributed by atoms with E-state index < -0.39 is 39.0 Å². The molecular weight excluding hydrogens is 283 g/mol. The highest BCUT2D eigenvalue weighted by Gasteiger charge is 2.38. The smallest absolute Gasteiger partial charge is 0.480 e. The first-order chi connectivity index (χ1) is 7.97. The van der Waals surface area contributed by atoms with E-state index in [-0.39, 0.29) is 0 Å². The van der Waals surface area contributed by atoms with E-state index in [0.29, 0.717) is 13.1 Å². The van der Waals surface area contributed by atoms with Crippen LogP contribution in [0.15, 0.2) is 0 Å². The topological polar surface area (TPSA) is 121 Å². The standard InChI is InChI=1S/C5H9NO4S.C2HF3O2/c7-5(8)3-11(9,10)4-1-6-2-4;3-2(4,5)1(6)7/h4,6H,1-3H2,(H,7,8);(H,6,7). The van der Waals surface area contributed by atoms with Gasteiger partial charge in [0.05, 0.1) is 5.25 Å². The van der Waals surface area contributed by atoms with Gasteiger partial charge in [-0.25, -0.2) is 13.2 Å². The average molecular weight is 293 g/mol. The summed E-state index contributed by atoms with van der Waals surface area (Å²) in [7, 11) is -3.38. The van der Waals surface area contributed by atoms with E-state index >= 15 is 0 Å². The Labute approximate surface area is 99.5 Å². The fourth-order valence-corrected chi connectivity index (χ4v) is 2.13. The summed E-state index contributed by atoms with van der Waals surface area (Å²) < 4.78 is 53.7. The number of nitrogens with one attached hydrogen (secondary N) is 1. The summed E-state index contributed by atoms with van der Waals surface area (Å²) in [4.78, 5) is 19.0. The minimum atomic E-state index is -5.08. The first kappa shape index (κ1) is 16.6. The van der Waals surface area contributed by atoms with Crippen LogP contribution in [0.2, 0.25) is 0 Å². The van der Waals surface area contributed by atoms with Gasteiger partial charge in [0.25, 0.3) is 0 Å². The lowest BCUT2D eigenvalue weighted by Crippen LogP contribution is -2.52. The van der Waals surface area contributed by atoms with Gasteiger partial charge in [-0.3, -0.25) is 4.79 Å². The Morgan fingerprint density at radius 2 is 1.61 bits per heavy atom. The zero-order valence-corrected chi connectivity index (χ0v) is 9.58. The largest absolute Gasteiger partial charge is 0.490 e. The molecule has 0 amide bonds. The Morgan fingerprint density at radius 1 is 1.22 bits per heavy atom. The molecule has 1 aliphatic heterocycles. The number of rotatable bonds is 3. The van der Waals surface area contributed by atoms with E-state index in [1.807, 2.05) is 0 Å². The van der Waals surface area contributed by atoms with Crippen LogP contribution in [0.5, 0.6) is 0 Å². The highest BCUT2D eigenvalue weighted by atomic mass is 32.2. The maximum Gasteiger partial charge on any atom is 0.490 e. The SMILES string of the molecule is O=C(O)C(F)(F)F.O=C(O)CS(=O)(=O)C1CNC1. The third-order valence-corrected chi connectivity index (χ3v) is 3.82. The Kier molecular flexibility index (Phi) is 5.55. The van der Waals surface area contributed by atoms with Crippen molar-refractivity contribution in [2.75, 3.05) is 18.8 Å². The Balaban J connectivity index is 0.000000360. The van der Waals surface area contributed by atoms with Gasteiger partial charge >= 0.3 is 18.1 Å². The molecule has 0 aromatic heterocycles. The molecule has 0 radical (unpaired) electrons. The number of sulfone groups is 1. The van der Waals surface area contributed by atoms with Gasteiger partial charge < -0.3 is 15.5 Å². The zero-order valence-electron chi connectivity index (χ0n) is 8.77. The van der Waals surface area contributed by atoms with Crippen molar-refractivity contribution in [1.29, 1.82) is 0 Å². The van der Waals surface area contributed by atoms with E-state index in [1.165, 1.54) is 0 Å². The van der Waals surface area contributed by atoms with Gasteiger partial charge in [-0.1, -0.05) is 0 Å². The van der Waals surface area contributed by atoms with E-state index in [1.54, 1.807) is 0 Å². The molecule has 0 aliphatic carbocycles. The molecule has 0 saturated carbocycles. The molecule has 106 valence electrons. The van der Waals surface area contributed by atoms with Crippen molar-refractivity contribution >= 4 is 21.8 Å². The molecule has 0 unspecified atom stereocenters. The van der Waals surface area contributed by atoms with Crippen molar-refractivity contribution in [2.45, 2.75) is 11.4 Å². The normalized spacial score (nSPS) is 16.2. The molecule has 0 spiro atoms. The summed E-state index contributed by atoms with van der Waals surface area (Å²) in [5, 5.41) is 17.6. The van der Waals surface area contributed by atoms with Crippen LogP contribution in [-0.4, -0.2) is 60.8 Å². The van der Waals surface area contributed by atoms with Crippen LogP contribution >= 0.6 is 0 Å². The summed E-state index contributed by atoms with van der Waals surface area (Å²) in [6, 6.07) is 0. The Hall–Kier alpha value is -1.36. The number of alkyl halides is 3. The average Bonchev–Trinajstić information content (AvgIpc) is 1.94. The van der Waals surface area contributed by atoms with Crippen molar-refractivity contribution < 1.29 is 41.4 Å². The van der Waals surface area contributed by atoms with Gasteiger partial charge in [0.15, 0.2) is 9.84 Å². The number of carboxylic acids is 2. The first-order valence-corrected chi connectivity index (χ1v) is 6.12. The van der Waals surface area contributed by atoms with Gasteiger partial charge in [-0.15, -0.1) is 0 Å². The highest BCUT2D eigenvalue weighted by molar-refractivity contribution is 7.92. The van der Waals surface area contributed by atoms with E-state index in [4.69, 9.17) is 15.0 Å². The van der Waals surface area contributed by atoms with E-state index in [2.05, 4.69) is 5.32 Å². The Bertz CT molecular complexity index is 413. The van der Waals surface area contributed by atoms with E-state index in [0.717, 1.165) is 0 Å². The fraction of sp³-hybridized carbons (Fsp3) is 0.714. The third kappa shape index (κ3) is 5.82. The maximum absolute atomic E-state index is 11.0. The summed E-state index contributed by atoms with van der Waals surface area (Å²) >= 11 is 0. The van der Waals surface area contributed by atoms with Crippen molar-refractivity contribution in [3.8, 4) is 0 Å². The van der Waals surface area contributed by atoms with Crippen LogP contribution in [0.25, 0.3) is 0 Å². The zero-order chi connectivity index (χ0) is 14.6. The van der Waals surface area contributed by atoms with Crippen LogP contribution < -0.4 is 5.32 Å². The van der Waals surface area contributed by atoms with Gasteiger partial charge in [0, 0.05) is 13.1 Å². The van der Waals surface area contributed by atoms with Gasteiger partial charge in [-0.05, 0) is 0 Å². The summed E-state index contributed by atoms with van der Waals surface area (Å²) in [5.41, 5.74) is 0. The highest BCUT2D eigenvalue weighted by Crippen LogP contribution is 2.13. The predicted molar refractivity (Wildman–Crippen MR) is 51.8 cm³/mol. The first-order valence-electron chi connectivity index (χ1n) is 4.41. The molecule has 11 heteroatoms. The lowest BCUT2D eigenvalue weighted by molar-refractivity contribution is -0.192. The molecule has 0 bridgehead atoms. The molecule has 0 aromatic carbocycles. The maximum atomic E-state index is 11.0. The molecule has 1 heterocycles. The molecule has 1 rings (SSSR count). The Morgan fingerprint density at radius 3 is 1.78 bits per heavy atom. The summed E-state index contributed by atoms with van der Waals surface area (Å²) in [5.74, 6) is -4.79. The van der Waals surface area contributed by atoms with Crippen molar-refractivity contribution in [2.24, 2.45) is 0 Å². The van der Waals surface area contributed by atoms with Crippen LogP contribution in [0.4, 0.5) is 13.2 Å². The monoisotopic (exact) mass is 293 g/mol. The van der Waals surface area contributed by atoms with Gasteiger partial charge in [-0.2, -0.15) is 13.2 Å². The second-order valence-corrected chi connectivity index (χ2v) is 5.57. The van der Waals surface area contributed by atoms with Crippen LogP contribution in [0.3, 0.4) is 0 Å². The lowest BCUT2D eigenvalue weighted by Gasteiger charge is -2.25.